The summed E-state index contributed by atoms with van der Waals surface area (Å²) in [5.41, 5.74) is 4.20. The van der Waals surface area contributed by atoms with Crippen LogP contribution in [0, 0.1) is 37.8 Å². The third-order valence-corrected chi connectivity index (χ3v) is 13.3. The molecule has 2 aliphatic rings. The van der Waals surface area contributed by atoms with E-state index in [9.17, 15) is 35.9 Å². The van der Waals surface area contributed by atoms with E-state index in [2.05, 4.69) is 20.1 Å². The SMILES string of the molecule is CC#N.CC(=O)OI(OC(C)=O)c1ccccc1.FC(F)(F)c1ccc(C2CCSC2)cn1.N#CN.N#CN=S1CCC(c2ccc(C(F)(F)F)nc2)C1.[2HH]. The van der Waals surface area contributed by atoms with Crippen LogP contribution in [0.15, 0.2) is 71.4 Å². The molecule has 2 fully saturated rings. The van der Waals surface area contributed by atoms with Gasteiger partial charge in [0.15, 0.2) is 6.19 Å². The largest absolute Gasteiger partial charge is 0.433 e. The number of nitriles is 3. The molecule has 3 unspecified atom stereocenters. The van der Waals surface area contributed by atoms with Crippen molar-refractivity contribution in [1.82, 2.24) is 9.97 Å². The number of aromatic nitrogens is 2. The van der Waals surface area contributed by atoms with Gasteiger partial charge >= 0.3 is 108 Å². The van der Waals surface area contributed by atoms with Crippen LogP contribution in [-0.4, -0.2) is 44.9 Å². The molecule has 294 valence electrons. The zero-order chi connectivity index (χ0) is 40.7. The maximum atomic E-state index is 12.3. The quantitative estimate of drug-likeness (QED) is 0.112. The molecule has 3 atom stereocenters. The summed E-state index contributed by atoms with van der Waals surface area (Å²) in [7, 11) is -0.266. The fourth-order valence-corrected chi connectivity index (χ4v) is 10.1. The number of hydrogen-bond donors (Lipinski definition) is 1. The van der Waals surface area contributed by atoms with Crippen molar-refractivity contribution in [2.24, 2.45) is 10.1 Å². The average Bonchev–Trinajstić information content (AvgIpc) is 3.83. The molecule has 0 saturated carbocycles. The van der Waals surface area contributed by atoms with Gasteiger partial charge in [-0.1, -0.05) is 22.8 Å². The Kier molecular flexibility index (Phi) is 21.8. The van der Waals surface area contributed by atoms with Crippen molar-refractivity contribution in [3.05, 3.63) is 93.1 Å². The smallest absolute Gasteiger partial charge is 0.337 e. The molecule has 54 heavy (non-hydrogen) atoms. The molecule has 2 aromatic heterocycles. The zero-order valence-corrected chi connectivity index (χ0v) is 32.9. The number of rotatable bonds is 5. The van der Waals surface area contributed by atoms with Crippen molar-refractivity contribution in [2.75, 3.05) is 23.0 Å². The number of nitrogens with two attached hydrogens (primary N) is 1. The second-order valence-corrected chi connectivity index (χ2v) is 16.9. The number of alkyl halides is 6. The Morgan fingerprint density at radius 1 is 0.889 bits per heavy atom. The van der Waals surface area contributed by atoms with Crippen molar-refractivity contribution in [2.45, 2.75) is 57.8 Å². The molecule has 3 aromatic rings. The number of carbonyl (C=O) groups is 2. The van der Waals surface area contributed by atoms with Crippen molar-refractivity contribution < 1.29 is 43.5 Å². The molecule has 5 rings (SSSR count). The van der Waals surface area contributed by atoms with Gasteiger partial charge in [0.05, 0.1) is 6.07 Å². The Morgan fingerprint density at radius 2 is 1.37 bits per heavy atom. The van der Waals surface area contributed by atoms with E-state index in [1.807, 2.05) is 30.0 Å². The van der Waals surface area contributed by atoms with Crippen LogP contribution in [-0.2, 0) is 38.8 Å². The Labute approximate surface area is 325 Å². The van der Waals surface area contributed by atoms with Gasteiger partial charge in [-0.05, 0) is 53.7 Å². The van der Waals surface area contributed by atoms with E-state index in [1.54, 1.807) is 30.5 Å². The topological polar surface area (TPSA) is 188 Å². The first-order valence-corrected chi connectivity index (χ1v) is 21.0. The maximum absolute atomic E-state index is 12.3. The molecule has 2 N–H and O–H groups in total. The second-order valence-electron chi connectivity index (χ2n) is 10.5. The van der Waals surface area contributed by atoms with Crippen molar-refractivity contribution >= 4 is 55.0 Å². The number of carbonyl (C=O) groups excluding carboxylic acids is 2. The molecule has 2 aliphatic heterocycles. The molecular formula is C34H38F6IN7O4S2. The molecule has 4 heterocycles. The first-order chi connectivity index (χ1) is 25.5. The first-order valence-electron chi connectivity index (χ1n) is 15.5. The van der Waals surface area contributed by atoms with Crippen LogP contribution in [0.25, 0.3) is 0 Å². The molecule has 20 heteroatoms. The summed E-state index contributed by atoms with van der Waals surface area (Å²) in [5, 5.41) is 22.9. The predicted molar refractivity (Wildman–Crippen MR) is 202 cm³/mol. The van der Waals surface area contributed by atoms with Crippen LogP contribution in [0.3, 0.4) is 0 Å². The molecule has 0 aliphatic carbocycles. The van der Waals surface area contributed by atoms with E-state index < -0.39 is 56.3 Å². The number of benzene rings is 1. The number of pyridine rings is 2. The molecule has 11 nitrogen and oxygen atoms in total. The number of thioether (sulfide) groups is 1. The molecule has 2 saturated heterocycles. The van der Waals surface area contributed by atoms with Crippen LogP contribution in [0.1, 0.15) is 69.4 Å². The molecule has 0 bridgehead atoms. The molecule has 0 radical (unpaired) electrons. The third-order valence-electron chi connectivity index (χ3n) is 6.56. The van der Waals surface area contributed by atoms with Crippen molar-refractivity contribution in [3.63, 3.8) is 0 Å². The summed E-state index contributed by atoms with van der Waals surface area (Å²) in [6.07, 6.45) is -1.16. The summed E-state index contributed by atoms with van der Waals surface area (Å²) in [6, 6.07) is 15.9. The van der Waals surface area contributed by atoms with Crippen LogP contribution in [0.5, 0.6) is 0 Å². The van der Waals surface area contributed by atoms with Crippen LogP contribution in [0.4, 0.5) is 26.3 Å². The summed E-state index contributed by atoms with van der Waals surface area (Å²) in [4.78, 5) is 28.6. The number of nitrogens with zero attached hydrogens (tertiary/aromatic N) is 6. The fourth-order valence-electron chi connectivity index (χ4n) is 4.33. The van der Waals surface area contributed by atoms with Gasteiger partial charge in [-0.3, -0.25) is 9.97 Å². The molecule has 0 spiro atoms. The normalized spacial score (nSPS) is 17.3. The van der Waals surface area contributed by atoms with Crippen LogP contribution >= 0.6 is 32.4 Å². The van der Waals surface area contributed by atoms with Gasteiger partial charge < -0.3 is 5.73 Å². The second kappa shape index (κ2) is 24.8. The van der Waals surface area contributed by atoms with Crippen molar-refractivity contribution in [1.29, 1.82) is 15.8 Å². The minimum absolute atomic E-state index is 0. The Bertz CT molecular complexity index is 1740. The van der Waals surface area contributed by atoms with E-state index in [4.69, 9.17) is 21.9 Å². The predicted octanol–water partition coefficient (Wildman–Crippen LogP) is 8.71. The Balaban J connectivity index is 0.000000737. The van der Waals surface area contributed by atoms with Gasteiger partial charge in [0.2, 0.25) is 6.19 Å². The molecule has 0 amide bonds. The monoisotopic (exact) mass is 914 g/mol. The number of hydrogen-bond acceptors (Lipinski definition) is 12. The van der Waals surface area contributed by atoms with Gasteiger partial charge in [0, 0.05) is 38.0 Å². The third kappa shape index (κ3) is 18.5. The van der Waals surface area contributed by atoms with E-state index in [-0.39, 0.29) is 18.0 Å². The van der Waals surface area contributed by atoms with E-state index in [0.29, 0.717) is 5.92 Å². The Hall–Kier alpha value is -4.46. The van der Waals surface area contributed by atoms with Crippen LogP contribution in [0.2, 0.25) is 0 Å². The first kappa shape index (κ1) is 47.6. The summed E-state index contributed by atoms with van der Waals surface area (Å²) in [6.45, 7) is 4.04. The van der Waals surface area contributed by atoms with Gasteiger partial charge in [0.1, 0.15) is 11.4 Å². The van der Waals surface area contributed by atoms with E-state index in [0.717, 1.165) is 62.7 Å². The minimum Gasteiger partial charge on any atom is -0.337 e. The summed E-state index contributed by atoms with van der Waals surface area (Å²) >= 11 is -0.756. The average molecular weight is 915 g/mol. The van der Waals surface area contributed by atoms with Gasteiger partial charge in [-0.15, -0.1) is 0 Å². The van der Waals surface area contributed by atoms with Gasteiger partial charge in [-0.2, -0.15) is 58.3 Å². The number of halogens is 7. The Morgan fingerprint density at radius 3 is 1.74 bits per heavy atom. The molecular weight excluding hydrogens is 875 g/mol. The summed E-state index contributed by atoms with van der Waals surface area (Å²) in [5.74, 6) is 3.35. The van der Waals surface area contributed by atoms with Crippen LogP contribution < -0.4 is 5.73 Å². The van der Waals surface area contributed by atoms with E-state index in [1.165, 1.54) is 45.4 Å². The maximum Gasteiger partial charge on any atom is 0.433 e. The fraction of sp³-hybridized carbons (Fsp3) is 0.382. The van der Waals surface area contributed by atoms with Crippen molar-refractivity contribution in [3.8, 4) is 18.5 Å². The minimum atomic E-state index is -4.39. The zero-order valence-electron chi connectivity index (χ0n) is 29.1. The standard InChI is InChI=1S/C11H10F3N3S.C10H10F3NS.C10H11IO4.C2H3N.CH2N2.H2/c12-11(13,14)10-2-1-8(5-16-10)9-3-4-18(6-9)17-7-15;11-10(12,13)9-2-1-7(5-14-9)8-3-4-15-6-8;1-8(12)14-11(15-9(2)13)10-6-4-3-5-7-10;1-2-3;2-1-3;/h1-2,5,9H,3-4,6H2;1-2,5,8H,3-4,6H2;3-7H,1-2H3;1H3;2H2;1H/i;;;;;1+1. The van der Waals surface area contributed by atoms with Gasteiger partial charge in [-0.25, -0.2) is 0 Å². The van der Waals surface area contributed by atoms with Gasteiger partial charge in [0.25, 0.3) is 0 Å². The van der Waals surface area contributed by atoms with E-state index >= 15 is 0 Å². The summed E-state index contributed by atoms with van der Waals surface area (Å²) < 4.78 is 88.3. The molecule has 1 aromatic carbocycles.